The largest absolute Gasteiger partial charge is 0.325 e. The van der Waals surface area contributed by atoms with Gasteiger partial charge in [0.2, 0.25) is 11.8 Å². The van der Waals surface area contributed by atoms with Crippen LogP contribution in [0.15, 0.2) is 72.8 Å². The van der Waals surface area contributed by atoms with Crippen molar-refractivity contribution >= 4 is 46.6 Å². The van der Waals surface area contributed by atoms with Gasteiger partial charge in [-0.2, -0.15) is 5.26 Å². The van der Waals surface area contributed by atoms with Crippen molar-refractivity contribution in [2.24, 2.45) is 0 Å². The van der Waals surface area contributed by atoms with E-state index >= 15 is 0 Å². The van der Waals surface area contributed by atoms with Crippen molar-refractivity contribution in [2.75, 3.05) is 22.1 Å². The summed E-state index contributed by atoms with van der Waals surface area (Å²) in [6.07, 6.45) is 0. The lowest BCUT2D eigenvalue weighted by atomic mass is 9.92. The number of thioether (sulfide) groups is 1. The molecular weight excluding hydrogens is 442 g/mol. The minimum absolute atomic E-state index is 0.130. The Kier molecular flexibility index (Phi) is 8.32. The molecule has 1 unspecified atom stereocenters. The predicted octanol–water partition coefficient (Wildman–Crippen LogP) is 5.61. The topological polar surface area (TPSA) is 82.0 Å². The number of aryl methyl sites for hydroxylation is 1. The second-order valence-electron chi connectivity index (χ2n) is 7.16. The molecule has 5 nitrogen and oxygen atoms in total. The molecule has 2 amide bonds. The van der Waals surface area contributed by atoms with Crippen LogP contribution in [0.1, 0.15) is 22.6 Å². The highest BCUT2D eigenvalue weighted by Gasteiger charge is 2.17. The zero-order chi connectivity index (χ0) is 22.9. The molecule has 2 N–H and O–H groups in total. The van der Waals surface area contributed by atoms with Crippen LogP contribution >= 0.6 is 23.4 Å². The molecule has 0 fully saturated rings. The summed E-state index contributed by atoms with van der Waals surface area (Å²) < 4.78 is 0. The van der Waals surface area contributed by atoms with E-state index in [-0.39, 0.29) is 23.3 Å². The summed E-state index contributed by atoms with van der Waals surface area (Å²) in [5.41, 5.74) is 3.92. The highest BCUT2D eigenvalue weighted by molar-refractivity contribution is 8.00. The number of halogens is 1. The zero-order valence-corrected chi connectivity index (χ0v) is 19.0. The minimum atomic E-state index is -0.490. The van der Waals surface area contributed by atoms with E-state index in [4.69, 9.17) is 11.6 Å². The molecule has 0 heterocycles. The first kappa shape index (κ1) is 23.4. The monoisotopic (exact) mass is 463 g/mol. The number of rotatable bonds is 8. The summed E-state index contributed by atoms with van der Waals surface area (Å²) in [7, 11) is 0. The quantitative estimate of drug-likeness (QED) is 0.454. The third-order valence-electron chi connectivity index (χ3n) is 4.66. The Hall–Kier alpha value is -3.27. The summed E-state index contributed by atoms with van der Waals surface area (Å²) >= 11 is 7.63. The summed E-state index contributed by atoms with van der Waals surface area (Å²) in [5.74, 6) is -0.589. The van der Waals surface area contributed by atoms with E-state index in [0.29, 0.717) is 16.3 Å². The number of nitrogens with one attached hydrogen (secondary N) is 2. The Labute approximate surface area is 196 Å². The maximum atomic E-state index is 12.2. The predicted molar refractivity (Wildman–Crippen MR) is 131 cm³/mol. The van der Waals surface area contributed by atoms with E-state index in [1.165, 1.54) is 11.8 Å². The fourth-order valence-corrected chi connectivity index (χ4v) is 3.98. The van der Waals surface area contributed by atoms with Crippen molar-refractivity contribution in [2.45, 2.75) is 12.8 Å². The molecule has 0 saturated heterocycles. The number of amides is 2. The third-order valence-corrected chi connectivity index (χ3v) is 5.92. The van der Waals surface area contributed by atoms with Gasteiger partial charge in [-0.25, -0.2) is 0 Å². The first-order valence-electron chi connectivity index (χ1n) is 9.94. The second kappa shape index (κ2) is 11.4. The molecule has 0 aliphatic rings. The average Bonchev–Trinajstić information content (AvgIpc) is 2.78. The Bertz CT molecular complexity index is 1130. The molecule has 3 aromatic carbocycles. The van der Waals surface area contributed by atoms with Crippen LogP contribution in [0.5, 0.6) is 0 Å². The van der Waals surface area contributed by atoms with Crippen molar-refractivity contribution in [1.29, 1.82) is 5.26 Å². The van der Waals surface area contributed by atoms with E-state index in [1.54, 1.807) is 18.2 Å². The molecule has 0 aliphatic carbocycles. The molecule has 1 atom stereocenters. The van der Waals surface area contributed by atoms with E-state index in [2.05, 4.69) is 16.7 Å². The fourth-order valence-electron chi connectivity index (χ4n) is 3.08. The lowest BCUT2D eigenvalue weighted by Crippen LogP contribution is -2.18. The van der Waals surface area contributed by atoms with Gasteiger partial charge in [-0.3, -0.25) is 9.59 Å². The van der Waals surface area contributed by atoms with Crippen molar-refractivity contribution in [1.82, 2.24) is 0 Å². The molecule has 0 radical (unpaired) electrons. The number of carbonyl (C=O) groups excluding carboxylic acids is 2. The first-order valence-corrected chi connectivity index (χ1v) is 11.5. The number of nitrogens with zero attached hydrogens (tertiary/aromatic N) is 1. The number of carbonyl (C=O) groups is 2. The molecule has 0 saturated carbocycles. The third kappa shape index (κ3) is 6.61. The standard InChI is InChI=1S/C25H22ClN3O2S/c1-17-7-9-19(10-8-17)28-24(30)15-32-16-25(31)29-20-11-12-21(23(26)13-20)22(14-27)18-5-3-2-4-6-18/h2-13,22H,15-16H2,1H3,(H,28,30)(H,29,31). The van der Waals surface area contributed by atoms with Crippen LogP contribution in [0.3, 0.4) is 0 Å². The second-order valence-corrected chi connectivity index (χ2v) is 8.56. The van der Waals surface area contributed by atoms with Gasteiger partial charge in [0.1, 0.15) is 0 Å². The van der Waals surface area contributed by atoms with Crippen LogP contribution < -0.4 is 10.6 Å². The Morgan fingerprint density at radius 2 is 1.53 bits per heavy atom. The van der Waals surface area contributed by atoms with Crippen molar-refractivity contribution in [3.8, 4) is 6.07 Å². The van der Waals surface area contributed by atoms with Gasteiger partial charge in [-0.1, -0.05) is 65.7 Å². The molecule has 32 heavy (non-hydrogen) atoms. The number of nitriles is 1. The van der Waals surface area contributed by atoms with E-state index in [0.717, 1.165) is 16.8 Å². The van der Waals surface area contributed by atoms with Crippen LogP contribution in [0.25, 0.3) is 0 Å². The molecule has 0 aliphatic heterocycles. The van der Waals surface area contributed by atoms with Gasteiger partial charge in [0, 0.05) is 16.4 Å². The van der Waals surface area contributed by atoms with Crippen molar-refractivity contribution in [3.05, 3.63) is 94.5 Å². The van der Waals surface area contributed by atoms with Gasteiger partial charge in [-0.05, 0) is 42.3 Å². The molecule has 0 aromatic heterocycles. The van der Waals surface area contributed by atoms with Gasteiger partial charge in [0.05, 0.1) is 23.5 Å². The molecular formula is C25H22ClN3O2S. The van der Waals surface area contributed by atoms with Crippen LogP contribution in [-0.4, -0.2) is 23.3 Å². The Balaban J connectivity index is 1.51. The highest BCUT2D eigenvalue weighted by Crippen LogP contribution is 2.31. The van der Waals surface area contributed by atoms with E-state index < -0.39 is 5.92 Å². The SMILES string of the molecule is Cc1ccc(NC(=O)CSCC(=O)Nc2ccc(C(C#N)c3ccccc3)c(Cl)c2)cc1. The number of anilines is 2. The van der Waals surface area contributed by atoms with E-state index in [9.17, 15) is 14.9 Å². The molecule has 3 aromatic rings. The summed E-state index contributed by atoms with van der Waals surface area (Å²) in [6.45, 7) is 1.98. The summed E-state index contributed by atoms with van der Waals surface area (Å²) in [6, 6.07) is 24.3. The Morgan fingerprint density at radius 3 is 2.12 bits per heavy atom. The smallest absolute Gasteiger partial charge is 0.234 e. The molecule has 0 bridgehead atoms. The zero-order valence-electron chi connectivity index (χ0n) is 17.5. The average molecular weight is 464 g/mol. The van der Waals surface area contributed by atoms with Gasteiger partial charge >= 0.3 is 0 Å². The van der Waals surface area contributed by atoms with Gasteiger partial charge in [0.25, 0.3) is 0 Å². The van der Waals surface area contributed by atoms with Gasteiger partial charge < -0.3 is 10.6 Å². The van der Waals surface area contributed by atoms with Crippen molar-refractivity contribution < 1.29 is 9.59 Å². The maximum Gasteiger partial charge on any atom is 0.234 e. The lowest BCUT2D eigenvalue weighted by molar-refractivity contribution is -0.114. The van der Waals surface area contributed by atoms with Gasteiger partial charge in [-0.15, -0.1) is 11.8 Å². The summed E-state index contributed by atoms with van der Waals surface area (Å²) in [5, 5.41) is 15.6. The molecule has 0 spiro atoms. The lowest BCUT2D eigenvalue weighted by Gasteiger charge is -2.13. The molecule has 7 heteroatoms. The normalized spacial score (nSPS) is 11.3. The van der Waals surface area contributed by atoms with Crippen LogP contribution in [0, 0.1) is 18.3 Å². The minimum Gasteiger partial charge on any atom is -0.325 e. The van der Waals surface area contributed by atoms with Crippen LogP contribution in [0.2, 0.25) is 5.02 Å². The van der Waals surface area contributed by atoms with Crippen LogP contribution in [-0.2, 0) is 9.59 Å². The Morgan fingerprint density at radius 1 is 0.938 bits per heavy atom. The molecule has 162 valence electrons. The first-order chi connectivity index (χ1) is 15.5. The maximum absolute atomic E-state index is 12.2. The van der Waals surface area contributed by atoms with E-state index in [1.807, 2.05) is 61.5 Å². The van der Waals surface area contributed by atoms with Gasteiger partial charge in [0.15, 0.2) is 0 Å². The number of hydrogen-bond acceptors (Lipinski definition) is 4. The summed E-state index contributed by atoms with van der Waals surface area (Å²) in [4.78, 5) is 24.3. The van der Waals surface area contributed by atoms with Crippen LogP contribution in [0.4, 0.5) is 11.4 Å². The fraction of sp³-hybridized carbons (Fsp3) is 0.160. The number of hydrogen-bond donors (Lipinski definition) is 2. The van der Waals surface area contributed by atoms with Crippen molar-refractivity contribution in [3.63, 3.8) is 0 Å². The molecule has 3 rings (SSSR count). The number of benzene rings is 3. The highest BCUT2D eigenvalue weighted by atomic mass is 35.5.